The Labute approximate surface area is 129 Å². The van der Waals surface area contributed by atoms with Crippen LogP contribution < -0.4 is 10.5 Å². The summed E-state index contributed by atoms with van der Waals surface area (Å²) >= 11 is 9.03. The number of halogens is 2. The molecule has 1 heterocycles. The summed E-state index contributed by atoms with van der Waals surface area (Å²) in [7, 11) is -3.94. The molecule has 0 aromatic heterocycles. The van der Waals surface area contributed by atoms with Crippen LogP contribution in [0.2, 0.25) is 5.02 Å². The summed E-state index contributed by atoms with van der Waals surface area (Å²) in [5, 5.41) is 7.96. The third-order valence-electron chi connectivity index (χ3n) is 2.84. The zero-order chi connectivity index (χ0) is 14.9. The van der Waals surface area contributed by atoms with Gasteiger partial charge >= 0.3 is 0 Å². The Morgan fingerprint density at radius 2 is 2.20 bits per heavy atom. The molecular formula is C11H12BrClN2O4S. The molecule has 1 aromatic carbocycles. The number of primary sulfonamides is 1. The maximum absolute atomic E-state index is 12.1. The average molecular weight is 384 g/mol. The molecule has 6 nitrogen and oxygen atoms in total. The van der Waals surface area contributed by atoms with Crippen molar-refractivity contribution in [2.45, 2.75) is 17.4 Å². The number of sulfonamides is 1. The molecule has 0 aliphatic carbocycles. The fraction of sp³-hybridized carbons (Fsp3) is 0.364. The monoisotopic (exact) mass is 382 g/mol. The fourth-order valence-corrected chi connectivity index (χ4v) is 3.85. The molecule has 1 aromatic rings. The topological polar surface area (TPSA) is 98.5 Å². The molecule has 1 atom stereocenters. The molecule has 1 aliphatic rings. The normalized spacial score (nSPS) is 19.1. The van der Waals surface area contributed by atoms with E-state index in [2.05, 4.69) is 21.2 Å². The number of hydrogen-bond acceptors (Lipinski definition) is 4. The van der Waals surface area contributed by atoms with Crippen LogP contribution in [0.3, 0.4) is 0 Å². The van der Waals surface area contributed by atoms with E-state index in [4.69, 9.17) is 21.5 Å². The highest BCUT2D eigenvalue weighted by molar-refractivity contribution is 9.10. The van der Waals surface area contributed by atoms with Crippen LogP contribution in [0.5, 0.6) is 0 Å². The Morgan fingerprint density at radius 3 is 2.75 bits per heavy atom. The second-order valence-electron chi connectivity index (χ2n) is 4.34. The van der Waals surface area contributed by atoms with Crippen molar-refractivity contribution in [3.63, 3.8) is 0 Å². The SMILES string of the molecule is NS(=O)(=O)c1cc(C(=O)NC2CCOC2)c(Cl)cc1Br. The first kappa shape index (κ1) is 15.7. The molecule has 3 N–H and O–H groups in total. The minimum Gasteiger partial charge on any atom is -0.379 e. The van der Waals surface area contributed by atoms with Crippen molar-refractivity contribution in [2.24, 2.45) is 5.14 Å². The van der Waals surface area contributed by atoms with Gasteiger partial charge in [0, 0.05) is 11.1 Å². The zero-order valence-electron chi connectivity index (χ0n) is 10.2. The largest absolute Gasteiger partial charge is 0.379 e. The Bertz CT molecular complexity index is 644. The van der Waals surface area contributed by atoms with Gasteiger partial charge in [-0.05, 0) is 34.5 Å². The molecule has 1 saturated heterocycles. The van der Waals surface area contributed by atoms with Gasteiger partial charge in [-0.2, -0.15) is 0 Å². The van der Waals surface area contributed by atoms with Crippen molar-refractivity contribution in [2.75, 3.05) is 13.2 Å². The standard InChI is InChI=1S/C11H12BrClN2O4S/c12-8-4-9(13)7(3-10(8)20(14,17)18)11(16)15-6-1-2-19-5-6/h3-4,6H,1-2,5H2,(H,15,16)(H2,14,17,18). The van der Waals surface area contributed by atoms with Gasteiger partial charge < -0.3 is 10.1 Å². The van der Waals surface area contributed by atoms with E-state index in [1.165, 1.54) is 6.07 Å². The summed E-state index contributed by atoms with van der Waals surface area (Å²) in [6.07, 6.45) is 0.710. The van der Waals surface area contributed by atoms with Crippen molar-refractivity contribution in [1.82, 2.24) is 5.32 Å². The van der Waals surface area contributed by atoms with E-state index in [0.717, 1.165) is 6.07 Å². The first-order chi connectivity index (χ1) is 9.29. The predicted molar refractivity (Wildman–Crippen MR) is 77.2 cm³/mol. The highest BCUT2D eigenvalue weighted by Gasteiger charge is 2.23. The molecule has 20 heavy (non-hydrogen) atoms. The second-order valence-corrected chi connectivity index (χ2v) is 7.13. The van der Waals surface area contributed by atoms with Crippen LogP contribution in [0.4, 0.5) is 0 Å². The Hall–Kier alpha value is -0.670. The first-order valence-electron chi connectivity index (χ1n) is 5.69. The molecule has 1 aliphatic heterocycles. The van der Waals surface area contributed by atoms with Crippen molar-refractivity contribution in [3.05, 3.63) is 27.2 Å². The van der Waals surface area contributed by atoms with Crippen LogP contribution in [-0.4, -0.2) is 33.6 Å². The molecule has 0 spiro atoms. The zero-order valence-corrected chi connectivity index (χ0v) is 13.4. The lowest BCUT2D eigenvalue weighted by atomic mass is 10.2. The Kier molecular flexibility index (Phi) is 4.70. The van der Waals surface area contributed by atoms with E-state index in [0.29, 0.717) is 19.6 Å². The van der Waals surface area contributed by atoms with Gasteiger partial charge in [-0.15, -0.1) is 0 Å². The molecule has 1 amide bonds. The summed E-state index contributed by atoms with van der Waals surface area (Å²) in [4.78, 5) is 11.9. The van der Waals surface area contributed by atoms with Crippen LogP contribution in [0.1, 0.15) is 16.8 Å². The number of ether oxygens (including phenoxy) is 1. The lowest BCUT2D eigenvalue weighted by Crippen LogP contribution is -2.35. The van der Waals surface area contributed by atoms with E-state index in [1.54, 1.807) is 0 Å². The maximum atomic E-state index is 12.1. The van der Waals surface area contributed by atoms with Crippen LogP contribution in [0, 0.1) is 0 Å². The summed E-state index contributed by atoms with van der Waals surface area (Å²) in [6, 6.07) is 2.40. The second kappa shape index (κ2) is 5.98. The quantitative estimate of drug-likeness (QED) is 0.821. The van der Waals surface area contributed by atoms with E-state index in [-0.39, 0.29) is 26.0 Å². The van der Waals surface area contributed by atoms with Gasteiger partial charge in [-0.3, -0.25) is 4.79 Å². The van der Waals surface area contributed by atoms with E-state index >= 15 is 0 Å². The van der Waals surface area contributed by atoms with Crippen molar-refractivity contribution < 1.29 is 17.9 Å². The van der Waals surface area contributed by atoms with E-state index in [1.807, 2.05) is 0 Å². The maximum Gasteiger partial charge on any atom is 0.253 e. The molecule has 1 fully saturated rings. The first-order valence-corrected chi connectivity index (χ1v) is 8.41. The van der Waals surface area contributed by atoms with Crippen molar-refractivity contribution in [3.8, 4) is 0 Å². The number of nitrogens with two attached hydrogens (primary N) is 1. The number of hydrogen-bond donors (Lipinski definition) is 2. The third kappa shape index (κ3) is 3.50. The predicted octanol–water partition coefficient (Wildman–Crippen LogP) is 1.27. The van der Waals surface area contributed by atoms with Gasteiger partial charge in [0.15, 0.2) is 0 Å². The highest BCUT2D eigenvalue weighted by Crippen LogP contribution is 2.28. The smallest absolute Gasteiger partial charge is 0.253 e. The molecule has 0 radical (unpaired) electrons. The number of amides is 1. The van der Waals surface area contributed by atoms with E-state index in [9.17, 15) is 13.2 Å². The van der Waals surface area contributed by atoms with Crippen molar-refractivity contribution >= 4 is 43.5 Å². The van der Waals surface area contributed by atoms with Gasteiger partial charge in [0.2, 0.25) is 10.0 Å². The summed E-state index contributed by atoms with van der Waals surface area (Å²) < 4.78 is 28.2. The number of carbonyl (C=O) groups is 1. The number of benzene rings is 1. The lowest BCUT2D eigenvalue weighted by Gasteiger charge is -2.13. The third-order valence-corrected chi connectivity index (χ3v) is 5.02. The minimum absolute atomic E-state index is 0.0609. The van der Waals surface area contributed by atoms with E-state index < -0.39 is 15.9 Å². The van der Waals surface area contributed by atoms with Gasteiger partial charge in [-0.25, -0.2) is 13.6 Å². The molecule has 110 valence electrons. The highest BCUT2D eigenvalue weighted by atomic mass is 79.9. The lowest BCUT2D eigenvalue weighted by molar-refractivity contribution is 0.0930. The minimum atomic E-state index is -3.94. The molecule has 9 heteroatoms. The van der Waals surface area contributed by atoms with Crippen LogP contribution in [0.25, 0.3) is 0 Å². The Balaban J connectivity index is 2.33. The van der Waals surface area contributed by atoms with Crippen molar-refractivity contribution in [1.29, 1.82) is 0 Å². The molecule has 0 saturated carbocycles. The van der Waals surface area contributed by atoms with Gasteiger partial charge in [-0.1, -0.05) is 11.6 Å². The number of carbonyl (C=O) groups excluding carboxylic acids is 1. The fourth-order valence-electron chi connectivity index (χ4n) is 1.83. The van der Waals surface area contributed by atoms with Gasteiger partial charge in [0.25, 0.3) is 5.91 Å². The van der Waals surface area contributed by atoms with Crippen LogP contribution in [-0.2, 0) is 14.8 Å². The number of rotatable bonds is 3. The summed E-state index contributed by atoms with van der Waals surface area (Å²) in [5.74, 6) is -0.456. The molecule has 0 bridgehead atoms. The molecule has 2 rings (SSSR count). The molecular weight excluding hydrogens is 372 g/mol. The summed E-state index contributed by atoms with van der Waals surface area (Å²) in [6.45, 7) is 1.02. The average Bonchev–Trinajstić information content (AvgIpc) is 2.79. The molecule has 1 unspecified atom stereocenters. The summed E-state index contributed by atoms with van der Waals surface area (Å²) in [5.41, 5.74) is 0.0609. The number of nitrogens with one attached hydrogen (secondary N) is 1. The van der Waals surface area contributed by atoms with Crippen LogP contribution >= 0.6 is 27.5 Å². The Morgan fingerprint density at radius 1 is 1.50 bits per heavy atom. The van der Waals surface area contributed by atoms with Gasteiger partial charge in [0.1, 0.15) is 0 Å². The van der Waals surface area contributed by atoms with Crippen LogP contribution in [0.15, 0.2) is 21.5 Å². The van der Waals surface area contributed by atoms with Gasteiger partial charge in [0.05, 0.1) is 28.1 Å².